The van der Waals surface area contributed by atoms with E-state index < -0.39 is 0 Å². The zero-order valence-corrected chi connectivity index (χ0v) is 7.76. The van der Waals surface area contributed by atoms with Gasteiger partial charge in [-0.05, 0) is 24.3 Å². The van der Waals surface area contributed by atoms with E-state index in [1.165, 1.54) is 24.3 Å². The predicted molar refractivity (Wildman–Crippen MR) is 52.2 cm³/mol. The average Bonchev–Trinajstić information content (AvgIpc) is 2.53. The summed E-state index contributed by atoms with van der Waals surface area (Å²) in [7, 11) is 0. The normalized spacial score (nSPS) is 19.7. The molecule has 0 unspecified atom stereocenters. The lowest BCUT2D eigenvalue weighted by atomic mass is 10.1. The lowest BCUT2D eigenvalue weighted by Crippen LogP contribution is -2.15. The van der Waals surface area contributed by atoms with Crippen molar-refractivity contribution in [1.82, 2.24) is 9.55 Å². The Morgan fingerprint density at radius 1 is 1.50 bits per heavy atom. The van der Waals surface area contributed by atoms with E-state index in [4.69, 9.17) is 5.73 Å². The van der Waals surface area contributed by atoms with Gasteiger partial charge in [-0.15, -0.1) is 0 Å². The Labute approximate surface area is 76.4 Å². The topological polar surface area (TPSA) is 43.8 Å². The van der Waals surface area contributed by atoms with Crippen LogP contribution in [0.4, 0.5) is 5.82 Å². The maximum atomic E-state index is 5.77. The SMILES string of the molecule is Nc1cncn1C1CCSCC1. The van der Waals surface area contributed by atoms with Crippen LogP contribution in [0.15, 0.2) is 12.5 Å². The van der Waals surface area contributed by atoms with Gasteiger partial charge in [0.2, 0.25) is 0 Å². The Morgan fingerprint density at radius 3 is 2.83 bits per heavy atom. The van der Waals surface area contributed by atoms with Gasteiger partial charge in [0.05, 0.1) is 12.5 Å². The first kappa shape index (κ1) is 7.98. The summed E-state index contributed by atoms with van der Waals surface area (Å²) >= 11 is 2.03. The number of nitrogen functional groups attached to an aromatic ring is 1. The van der Waals surface area contributed by atoms with E-state index in [-0.39, 0.29) is 0 Å². The van der Waals surface area contributed by atoms with E-state index in [0.717, 1.165) is 5.82 Å². The maximum Gasteiger partial charge on any atom is 0.123 e. The second-order valence-corrected chi connectivity index (χ2v) is 4.29. The molecule has 0 saturated carbocycles. The Kier molecular flexibility index (Phi) is 2.26. The van der Waals surface area contributed by atoms with E-state index in [2.05, 4.69) is 9.55 Å². The largest absolute Gasteiger partial charge is 0.384 e. The Bertz CT molecular complexity index is 253. The number of hydrogen-bond donors (Lipinski definition) is 1. The van der Waals surface area contributed by atoms with Crippen LogP contribution < -0.4 is 5.73 Å². The van der Waals surface area contributed by atoms with Crippen molar-refractivity contribution in [2.75, 3.05) is 17.2 Å². The maximum absolute atomic E-state index is 5.77. The molecular formula is C8H13N3S. The molecule has 0 aliphatic carbocycles. The van der Waals surface area contributed by atoms with Gasteiger partial charge in [0.15, 0.2) is 0 Å². The minimum absolute atomic E-state index is 0.591. The van der Waals surface area contributed by atoms with Gasteiger partial charge in [0.25, 0.3) is 0 Å². The minimum atomic E-state index is 0.591. The molecular weight excluding hydrogens is 170 g/mol. The molecule has 0 spiro atoms. The van der Waals surface area contributed by atoms with E-state index in [0.29, 0.717) is 6.04 Å². The van der Waals surface area contributed by atoms with Crippen LogP contribution in [0.3, 0.4) is 0 Å². The monoisotopic (exact) mass is 183 g/mol. The zero-order chi connectivity index (χ0) is 8.39. The van der Waals surface area contributed by atoms with Crippen LogP contribution in [0.25, 0.3) is 0 Å². The molecule has 0 bridgehead atoms. The molecule has 1 fully saturated rings. The number of nitrogens with two attached hydrogens (primary N) is 1. The lowest BCUT2D eigenvalue weighted by Gasteiger charge is -2.23. The number of thioether (sulfide) groups is 1. The van der Waals surface area contributed by atoms with E-state index in [1.807, 2.05) is 18.1 Å². The number of nitrogens with zero attached hydrogens (tertiary/aromatic N) is 2. The number of rotatable bonds is 1. The van der Waals surface area contributed by atoms with Crippen LogP contribution in [0, 0.1) is 0 Å². The third-order valence-corrected chi connectivity index (χ3v) is 3.33. The van der Waals surface area contributed by atoms with E-state index in [9.17, 15) is 0 Å². The molecule has 12 heavy (non-hydrogen) atoms. The molecule has 2 rings (SSSR count). The van der Waals surface area contributed by atoms with Gasteiger partial charge in [0.1, 0.15) is 5.82 Å². The highest BCUT2D eigenvalue weighted by atomic mass is 32.2. The first-order valence-electron chi connectivity index (χ1n) is 4.23. The molecule has 0 atom stereocenters. The summed E-state index contributed by atoms with van der Waals surface area (Å²) in [5.41, 5.74) is 5.77. The van der Waals surface area contributed by atoms with Crippen molar-refractivity contribution in [3.63, 3.8) is 0 Å². The van der Waals surface area contributed by atoms with Gasteiger partial charge in [-0.2, -0.15) is 11.8 Å². The van der Waals surface area contributed by atoms with Gasteiger partial charge in [-0.25, -0.2) is 4.98 Å². The molecule has 0 aromatic carbocycles. The fraction of sp³-hybridized carbons (Fsp3) is 0.625. The van der Waals surface area contributed by atoms with Crippen LogP contribution in [0.2, 0.25) is 0 Å². The molecule has 1 aromatic heterocycles. The molecule has 1 saturated heterocycles. The van der Waals surface area contributed by atoms with Crippen molar-refractivity contribution in [2.24, 2.45) is 0 Å². The highest BCUT2D eigenvalue weighted by molar-refractivity contribution is 7.99. The zero-order valence-electron chi connectivity index (χ0n) is 6.94. The summed E-state index contributed by atoms with van der Waals surface area (Å²) in [6, 6.07) is 0.591. The van der Waals surface area contributed by atoms with Crippen molar-refractivity contribution < 1.29 is 0 Å². The van der Waals surface area contributed by atoms with Crippen LogP contribution in [-0.2, 0) is 0 Å². The predicted octanol–water partition coefficient (Wildman–Crippen LogP) is 1.53. The molecule has 3 nitrogen and oxygen atoms in total. The number of hydrogen-bond acceptors (Lipinski definition) is 3. The van der Waals surface area contributed by atoms with Gasteiger partial charge in [-0.3, -0.25) is 0 Å². The van der Waals surface area contributed by atoms with Crippen LogP contribution >= 0.6 is 11.8 Å². The third kappa shape index (κ3) is 1.43. The van der Waals surface area contributed by atoms with E-state index >= 15 is 0 Å². The quantitative estimate of drug-likeness (QED) is 0.718. The van der Waals surface area contributed by atoms with Crippen molar-refractivity contribution in [3.05, 3.63) is 12.5 Å². The number of anilines is 1. The highest BCUT2D eigenvalue weighted by Gasteiger charge is 2.16. The molecule has 1 aliphatic rings. The van der Waals surface area contributed by atoms with Crippen molar-refractivity contribution >= 4 is 17.6 Å². The standard InChI is InChI=1S/C8H13N3S/c9-8-5-10-6-11(8)7-1-3-12-4-2-7/h5-7H,1-4,9H2. The summed E-state index contributed by atoms with van der Waals surface area (Å²) in [6.45, 7) is 0. The summed E-state index contributed by atoms with van der Waals surface area (Å²) in [6.07, 6.45) is 6.02. The average molecular weight is 183 g/mol. The van der Waals surface area contributed by atoms with Crippen LogP contribution in [0.1, 0.15) is 18.9 Å². The van der Waals surface area contributed by atoms with Crippen LogP contribution in [0.5, 0.6) is 0 Å². The molecule has 0 amide bonds. The molecule has 0 radical (unpaired) electrons. The highest BCUT2D eigenvalue weighted by Crippen LogP contribution is 2.28. The molecule has 2 N–H and O–H groups in total. The Morgan fingerprint density at radius 2 is 2.25 bits per heavy atom. The van der Waals surface area contributed by atoms with Crippen molar-refractivity contribution in [2.45, 2.75) is 18.9 Å². The fourth-order valence-corrected chi connectivity index (χ4v) is 2.66. The molecule has 2 heterocycles. The molecule has 66 valence electrons. The van der Waals surface area contributed by atoms with Gasteiger partial charge < -0.3 is 10.3 Å². The molecule has 1 aromatic rings. The number of aromatic nitrogens is 2. The van der Waals surface area contributed by atoms with Gasteiger partial charge >= 0.3 is 0 Å². The molecule has 4 heteroatoms. The molecule has 1 aliphatic heterocycles. The van der Waals surface area contributed by atoms with Crippen molar-refractivity contribution in [3.8, 4) is 0 Å². The van der Waals surface area contributed by atoms with Crippen LogP contribution in [-0.4, -0.2) is 21.1 Å². The summed E-state index contributed by atoms with van der Waals surface area (Å²) < 4.78 is 2.10. The number of imidazole rings is 1. The summed E-state index contributed by atoms with van der Waals surface area (Å²) in [4.78, 5) is 4.03. The van der Waals surface area contributed by atoms with Crippen molar-refractivity contribution in [1.29, 1.82) is 0 Å². The minimum Gasteiger partial charge on any atom is -0.384 e. The second-order valence-electron chi connectivity index (χ2n) is 3.07. The second kappa shape index (κ2) is 3.39. The summed E-state index contributed by atoms with van der Waals surface area (Å²) in [5, 5.41) is 0. The fourth-order valence-electron chi connectivity index (χ4n) is 1.58. The lowest BCUT2D eigenvalue weighted by molar-refractivity contribution is 0.474. The first-order valence-corrected chi connectivity index (χ1v) is 5.38. The first-order chi connectivity index (χ1) is 5.88. The summed E-state index contributed by atoms with van der Waals surface area (Å²) in [5.74, 6) is 3.30. The van der Waals surface area contributed by atoms with Gasteiger partial charge in [0, 0.05) is 6.04 Å². The third-order valence-electron chi connectivity index (χ3n) is 2.28. The smallest absolute Gasteiger partial charge is 0.123 e. The van der Waals surface area contributed by atoms with E-state index in [1.54, 1.807) is 6.20 Å². The Balaban J connectivity index is 2.13. The van der Waals surface area contributed by atoms with Gasteiger partial charge in [-0.1, -0.05) is 0 Å². The Hall–Kier alpha value is -0.640.